The van der Waals surface area contributed by atoms with Crippen LogP contribution in [0.2, 0.25) is 0 Å². The normalized spacial score (nSPS) is 18.4. The number of fused-ring (bicyclic) bond motifs is 3. The quantitative estimate of drug-likeness (QED) is 0.0520. The summed E-state index contributed by atoms with van der Waals surface area (Å²) in [6, 6.07) is 25.5. The summed E-state index contributed by atoms with van der Waals surface area (Å²) in [4.78, 5) is 25.9. The fourth-order valence-electron chi connectivity index (χ4n) is 6.09. The molecule has 4 aromatic rings. The Labute approximate surface area is 280 Å². The highest BCUT2D eigenvalue weighted by Gasteiger charge is 2.27. The van der Waals surface area contributed by atoms with Crippen molar-refractivity contribution in [2.45, 2.75) is 63.6 Å². The van der Waals surface area contributed by atoms with Crippen LogP contribution in [0.1, 0.15) is 83.2 Å². The summed E-state index contributed by atoms with van der Waals surface area (Å²) in [5, 5.41) is 0. The third kappa shape index (κ3) is 8.06. The van der Waals surface area contributed by atoms with Gasteiger partial charge in [-0.2, -0.15) is 0 Å². The average Bonchev–Trinajstić information content (AvgIpc) is 4.05. The second kappa shape index (κ2) is 14.6. The number of rotatable bonds is 16. The molecule has 2 aliphatic heterocycles. The molecule has 1 aliphatic carbocycles. The fraction of sp³-hybridized carbons (Fsp3) is 0.350. The highest BCUT2D eigenvalue weighted by Crippen LogP contribution is 2.47. The largest absolute Gasteiger partial charge is 0.494 e. The molecule has 2 unspecified atom stereocenters. The molecule has 0 saturated carbocycles. The topological polar surface area (TPSA) is 96.1 Å². The molecule has 8 nitrogen and oxygen atoms in total. The third-order valence-corrected chi connectivity index (χ3v) is 9.05. The Hall–Kier alpha value is -4.66. The van der Waals surface area contributed by atoms with Crippen LogP contribution in [-0.2, 0) is 9.47 Å². The third-order valence-electron chi connectivity index (χ3n) is 9.05. The van der Waals surface area contributed by atoms with E-state index in [1.54, 1.807) is 48.5 Å². The summed E-state index contributed by atoms with van der Waals surface area (Å²) in [5.74, 6) is 1.58. The zero-order valence-corrected chi connectivity index (χ0v) is 27.2. The molecule has 4 aromatic carbocycles. The van der Waals surface area contributed by atoms with Gasteiger partial charge in [0.05, 0.1) is 49.8 Å². The number of benzene rings is 4. The molecular formula is C40H40O8. The highest BCUT2D eigenvalue weighted by molar-refractivity contribution is 5.92. The first-order valence-corrected chi connectivity index (χ1v) is 16.9. The lowest BCUT2D eigenvalue weighted by atomic mass is 9.99. The lowest BCUT2D eigenvalue weighted by Crippen LogP contribution is -2.09. The number of unbranched alkanes of at least 4 members (excludes halogenated alkanes) is 2. The summed E-state index contributed by atoms with van der Waals surface area (Å²) in [7, 11) is 0. The minimum atomic E-state index is -0.428. The molecule has 2 fully saturated rings. The van der Waals surface area contributed by atoms with Crippen molar-refractivity contribution >= 4 is 11.9 Å². The summed E-state index contributed by atoms with van der Waals surface area (Å²) in [5.41, 5.74) is 5.14. The van der Waals surface area contributed by atoms with Gasteiger partial charge in [-0.1, -0.05) is 19.1 Å². The molecule has 7 rings (SSSR count). The van der Waals surface area contributed by atoms with Crippen molar-refractivity contribution in [3.8, 4) is 34.1 Å². The van der Waals surface area contributed by atoms with Crippen molar-refractivity contribution in [2.75, 3.05) is 26.4 Å². The van der Waals surface area contributed by atoms with E-state index in [1.807, 2.05) is 36.4 Å². The summed E-state index contributed by atoms with van der Waals surface area (Å²) in [6.45, 7) is 5.15. The lowest BCUT2D eigenvalue weighted by molar-refractivity contribution is 0.0725. The van der Waals surface area contributed by atoms with Gasteiger partial charge in [0, 0.05) is 5.92 Å². The predicted molar refractivity (Wildman–Crippen MR) is 180 cm³/mol. The molecule has 0 amide bonds. The van der Waals surface area contributed by atoms with Gasteiger partial charge in [0.25, 0.3) is 0 Å². The maximum absolute atomic E-state index is 12.9. The van der Waals surface area contributed by atoms with E-state index in [0.717, 1.165) is 85.5 Å². The summed E-state index contributed by atoms with van der Waals surface area (Å²) in [6.07, 6.45) is 7.18. The summed E-state index contributed by atoms with van der Waals surface area (Å²) >= 11 is 0. The van der Waals surface area contributed by atoms with Gasteiger partial charge >= 0.3 is 11.9 Å². The van der Waals surface area contributed by atoms with E-state index in [9.17, 15) is 9.59 Å². The van der Waals surface area contributed by atoms with E-state index < -0.39 is 11.9 Å². The van der Waals surface area contributed by atoms with E-state index in [-0.39, 0.29) is 5.92 Å². The van der Waals surface area contributed by atoms with Crippen LogP contribution in [-0.4, -0.2) is 50.6 Å². The first kappa shape index (κ1) is 31.9. The minimum absolute atomic E-state index is 0.0220. The number of epoxide rings is 2. The SMILES string of the molecule is CC1c2cc(OC(=O)c3ccc(OCCCCC4CO4)cc3)ccc2-c2ccc(OC(=O)c3ccc(OCCCCC4CO4)cc3)cc21. The van der Waals surface area contributed by atoms with Crippen LogP contribution in [0.15, 0.2) is 84.9 Å². The smallest absolute Gasteiger partial charge is 0.343 e. The molecule has 0 radical (unpaired) electrons. The van der Waals surface area contributed by atoms with Gasteiger partial charge in [0.2, 0.25) is 0 Å². The van der Waals surface area contributed by atoms with Gasteiger partial charge in [0.1, 0.15) is 23.0 Å². The van der Waals surface area contributed by atoms with Crippen LogP contribution in [0.5, 0.6) is 23.0 Å². The molecule has 2 atom stereocenters. The van der Waals surface area contributed by atoms with Crippen molar-refractivity contribution in [3.63, 3.8) is 0 Å². The number of hydrogen-bond donors (Lipinski definition) is 0. The standard InChI is InChI=1S/C40H40O8/c1-26-37-22-31(47-39(41)27-8-12-29(13-9-27)43-20-4-2-6-33-24-45-33)16-18-35(37)36-19-17-32(23-38(26)36)48-40(42)28-10-14-30(15-11-28)44-21-5-3-7-34-25-46-34/h8-19,22-23,26,33-34H,2-7,20-21,24-25H2,1H3. The van der Waals surface area contributed by atoms with Crippen molar-refractivity contribution in [3.05, 3.63) is 107 Å². The predicted octanol–water partition coefficient (Wildman–Crippen LogP) is 8.15. The minimum Gasteiger partial charge on any atom is -0.494 e. The molecule has 0 spiro atoms. The fourth-order valence-corrected chi connectivity index (χ4v) is 6.09. The zero-order valence-electron chi connectivity index (χ0n) is 27.2. The number of carbonyl (C=O) groups is 2. The molecule has 3 aliphatic rings. The van der Waals surface area contributed by atoms with Gasteiger partial charge in [-0.3, -0.25) is 0 Å². The molecule has 2 saturated heterocycles. The van der Waals surface area contributed by atoms with Crippen LogP contribution >= 0.6 is 0 Å². The van der Waals surface area contributed by atoms with Crippen LogP contribution in [0, 0.1) is 0 Å². The Morgan fingerprint density at radius 2 is 0.979 bits per heavy atom. The van der Waals surface area contributed by atoms with Crippen LogP contribution in [0.25, 0.3) is 11.1 Å². The maximum Gasteiger partial charge on any atom is 0.343 e. The highest BCUT2D eigenvalue weighted by atomic mass is 16.6. The van der Waals surface area contributed by atoms with Gasteiger partial charge in [-0.05, 0) is 134 Å². The van der Waals surface area contributed by atoms with Crippen LogP contribution < -0.4 is 18.9 Å². The van der Waals surface area contributed by atoms with E-state index in [1.165, 1.54) is 0 Å². The van der Waals surface area contributed by atoms with Crippen molar-refractivity contribution < 1.29 is 38.0 Å². The molecule has 2 heterocycles. The van der Waals surface area contributed by atoms with E-state index in [2.05, 4.69) is 6.92 Å². The van der Waals surface area contributed by atoms with E-state index in [4.69, 9.17) is 28.4 Å². The molecule has 0 aromatic heterocycles. The van der Waals surface area contributed by atoms with Gasteiger partial charge < -0.3 is 28.4 Å². The van der Waals surface area contributed by atoms with Gasteiger partial charge in [0.15, 0.2) is 0 Å². The molecular weight excluding hydrogens is 608 g/mol. The number of hydrogen-bond acceptors (Lipinski definition) is 8. The zero-order chi connectivity index (χ0) is 32.9. The van der Waals surface area contributed by atoms with Crippen molar-refractivity contribution in [1.82, 2.24) is 0 Å². The monoisotopic (exact) mass is 648 g/mol. The Morgan fingerprint density at radius 3 is 1.38 bits per heavy atom. The van der Waals surface area contributed by atoms with E-state index in [0.29, 0.717) is 48.0 Å². The first-order chi connectivity index (χ1) is 23.5. The number of ether oxygens (including phenoxy) is 6. The number of esters is 2. The van der Waals surface area contributed by atoms with Crippen LogP contribution in [0.4, 0.5) is 0 Å². The Kier molecular flexibility index (Phi) is 9.72. The molecule has 48 heavy (non-hydrogen) atoms. The van der Waals surface area contributed by atoms with Gasteiger partial charge in [-0.25, -0.2) is 9.59 Å². The maximum atomic E-state index is 12.9. The number of carbonyl (C=O) groups excluding carboxylic acids is 2. The Bertz CT molecular complexity index is 1610. The summed E-state index contributed by atoms with van der Waals surface area (Å²) < 4.78 is 33.6. The molecule has 8 heteroatoms. The first-order valence-electron chi connectivity index (χ1n) is 16.9. The molecule has 248 valence electrons. The van der Waals surface area contributed by atoms with Crippen LogP contribution in [0.3, 0.4) is 0 Å². The molecule has 0 bridgehead atoms. The lowest BCUT2D eigenvalue weighted by Gasteiger charge is -2.11. The van der Waals surface area contributed by atoms with Gasteiger partial charge in [-0.15, -0.1) is 0 Å². The van der Waals surface area contributed by atoms with E-state index >= 15 is 0 Å². The Morgan fingerprint density at radius 1 is 0.583 bits per heavy atom. The Balaban J connectivity index is 0.911. The van der Waals surface area contributed by atoms with Crippen molar-refractivity contribution in [2.24, 2.45) is 0 Å². The molecule has 0 N–H and O–H groups in total. The average molecular weight is 649 g/mol. The second-order valence-corrected chi connectivity index (χ2v) is 12.6. The second-order valence-electron chi connectivity index (χ2n) is 12.6. The van der Waals surface area contributed by atoms with Crippen molar-refractivity contribution in [1.29, 1.82) is 0 Å².